The molecule has 2 N–H and O–H groups in total. The maximum absolute atomic E-state index is 10.8. The number of esters is 1. The van der Waals surface area contributed by atoms with Gasteiger partial charge in [0, 0.05) is 12.2 Å². The number of hydrogen-bond donors (Lipinski definition) is 2. The first-order valence-corrected chi connectivity index (χ1v) is 4.03. The van der Waals surface area contributed by atoms with Crippen LogP contribution in [0.15, 0.2) is 12.3 Å². The van der Waals surface area contributed by atoms with Gasteiger partial charge in [-0.3, -0.25) is 15.2 Å². The van der Waals surface area contributed by atoms with E-state index >= 15 is 0 Å². The van der Waals surface area contributed by atoms with Crippen LogP contribution in [0.2, 0.25) is 0 Å². The molecule has 72 valence electrons. The van der Waals surface area contributed by atoms with Crippen molar-refractivity contribution in [3.8, 4) is 0 Å². The van der Waals surface area contributed by atoms with E-state index in [1.165, 1.54) is 7.11 Å². The van der Waals surface area contributed by atoms with Crippen molar-refractivity contribution < 1.29 is 9.53 Å². The molecule has 5 nitrogen and oxygen atoms in total. The molecular weight excluding hydrogens is 170 g/mol. The number of methoxy groups -OCH3 is 1. The van der Waals surface area contributed by atoms with E-state index in [9.17, 15) is 4.79 Å². The minimum absolute atomic E-state index is 0.0709. The maximum atomic E-state index is 10.8. The molecular formula is C8H13N3O2. The van der Waals surface area contributed by atoms with Gasteiger partial charge < -0.3 is 4.74 Å². The van der Waals surface area contributed by atoms with Gasteiger partial charge in [0.05, 0.1) is 19.3 Å². The Labute approximate surface area is 76.5 Å². The number of H-pyrrole nitrogens is 1. The van der Waals surface area contributed by atoms with Crippen LogP contribution in [0.5, 0.6) is 0 Å². The van der Waals surface area contributed by atoms with E-state index in [4.69, 9.17) is 0 Å². The summed E-state index contributed by atoms with van der Waals surface area (Å²) in [5.41, 5.74) is 0.948. The van der Waals surface area contributed by atoms with Gasteiger partial charge in [-0.1, -0.05) is 0 Å². The van der Waals surface area contributed by atoms with Gasteiger partial charge >= 0.3 is 5.97 Å². The van der Waals surface area contributed by atoms with Crippen molar-refractivity contribution in [3.63, 3.8) is 0 Å². The lowest BCUT2D eigenvalue weighted by molar-refractivity contribution is -0.139. The molecule has 1 aromatic rings. The molecule has 0 spiro atoms. The van der Waals surface area contributed by atoms with E-state index in [-0.39, 0.29) is 18.6 Å². The molecule has 0 amide bonds. The molecule has 1 heterocycles. The lowest BCUT2D eigenvalue weighted by atomic mass is 10.2. The Kier molecular flexibility index (Phi) is 3.45. The standard InChI is InChI=1S/C8H13N3O2/c1-6(7-3-4-10-11-7)9-5-8(12)13-2/h3-4,6,9H,5H2,1-2H3,(H,10,11). The minimum atomic E-state index is -0.272. The Bertz CT molecular complexity index is 258. The summed E-state index contributed by atoms with van der Waals surface area (Å²) in [6, 6.07) is 1.93. The summed E-state index contributed by atoms with van der Waals surface area (Å²) >= 11 is 0. The van der Waals surface area contributed by atoms with Crippen LogP contribution in [-0.2, 0) is 9.53 Å². The Morgan fingerprint density at radius 1 is 1.85 bits per heavy atom. The molecule has 0 bridgehead atoms. The maximum Gasteiger partial charge on any atom is 0.319 e. The number of carbonyl (C=O) groups is 1. The number of nitrogens with zero attached hydrogens (tertiary/aromatic N) is 1. The Balaban J connectivity index is 2.34. The lowest BCUT2D eigenvalue weighted by Crippen LogP contribution is -2.26. The van der Waals surface area contributed by atoms with Crippen LogP contribution in [0, 0.1) is 0 Å². The SMILES string of the molecule is COC(=O)CNC(C)c1ccn[nH]1. The Hall–Kier alpha value is -1.36. The second-order valence-corrected chi connectivity index (χ2v) is 2.69. The molecule has 0 aliphatic rings. The zero-order chi connectivity index (χ0) is 9.68. The van der Waals surface area contributed by atoms with Gasteiger partial charge in [-0.15, -0.1) is 0 Å². The highest BCUT2D eigenvalue weighted by Crippen LogP contribution is 2.06. The van der Waals surface area contributed by atoms with Crippen molar-refractivity contribution >= 4 is 5.97 Å². The number of aromatic amines is 1. The van der Waals surface area contributed by atoms with Crippen molar-refractivity contribution in [2.75, 3.05) is 13.7 Å². The van der Waals surface area contributed by atoms with E-state index < -0.39 is 0 Å². The van der Waals surface area contributed by atoms with Gasteiger partial charge in [-0.25, -0.2) is 0 Å². The van der Waals surface area contributed by atoms with Crippen LogP contribution in [0.25, 0.3) is 0 Å². The van der Waals surface area contributed by atoms with E-state index in [2.05, 4.69) is 20.3 Å². The van der Waals surface area contributed by atoms with Crippen molar-refractivity contribution in [1.82, 2.24) is 15.5 Å². The summed E-state index contributed by atoms with van der Waals surface area (Å²) in [4.78, 5) is 10.8. The van der Waals surface area contributed by atoms with Gasteiger partial charge in [0.15, 0.2) is 0 Å². The van der Waals surface area contributed by atoms with Gasteiger partial charge in [-0.05, 0) is 13.0 Å². The van der Waals surface area contributed by atoms with Crippen LogP contribution >= 0.6 is 0 Å². The molecule has 1 atom stereocenters. The molecule has 0 saturated carbocycles. The lowest BCUT2D eigenvalue weighted by Gasteiger charge is -2.09. The zero-order valence-corrected chi connectivity index (χ0v) is 7.70. The predicted molar refractivity (Wildman–Crippen MR) is 47.0 cm³/mol. The van der Waals surface area contributed by atoms with E-state index in [1.54, 1.807) is 6.20 Å². The van der Waals surface area contributed by atoms with Crippen LogP contribution in [-0.4, -0.2) is 29.8 Å². The number of rotatable bonds is 4. The van der Waals surface area contributed by atoms with Gasteiger partial charge in [-0.2, -0.15) is 5.10 Å². The molecule has 1 unspecified atom stereocenters. The smallest absolute Gasteiger partial charge is 0.319 e. The number of ether oxygens (including phenoxy) is 1. The summed E-state index contributed by atoms with van der Waals surface area (Å²) in [5.74, 6) is -0.272. The molecule has 0 saturated heterocycles. The topological polar surface area (TPSA) is 67.0 Å². The van der Waals surface area contributed by atoms with Gasteiger partial charge in [0.2, 0.25) is 0 Å². The van der Waals surface area contributed by atoms with E-state index in [0.29, 0.717) is 0 Å². The zero-order valence-electron chi connectivity index (χ0n) is 7.70. The highest BCUT2D eigenvalue weighted by molar-refractivity contribution is 5.71. The molecule has 1 rings (SSSR count). The number of hydrogen-bond acceptors (Lipinski definition) is 4. The normalized spacial score (nSPS) is 12.5. The molecule has 0 aliphatic carbocycles. The molecule has 13 heavy (non-hydrogen) atoms. The average molecular weight is 183 g/mol. The first kappa shape index (κ1) is 9.73. The van der Waals surface area contributed by atoms with Crippen LogP contribution in [0.4, 0.5) is 0 Å². The van der Waals surface area contributed by atoms with Crippen molar-refractivity contribution in [2.45, 2.75) is 13.0 Å². The molecule has 0 aliphatic heterocycles. The Morgan fingerprint density at radius 3 is 3.15 bits per heavy atom. The molecule has 0 aromatic carbocycles. The van der Waals surface area contributed by atoms with Crippen molar-refractivity contribution in [2.24, 2.45) is 0 Å². The fourth-order valence-electron chi connectivity index (χ4n) is 0.926. The summed E-state index contributed by atoms with van der Waals surface area (Å²) in [6.07, 6.45) is 1.67. The predicted octanol–water partition coefficient (Wildman–Crippen LogP) is 0.233. The third kappa shape index (κ3) is 2.87. The second kappa shape index (κ2) is 4.61. The number of nitrogens with one attached hydrogen (secondary N) is 2. The fraction of sp³-hybridized carbons (Fsp3) is 0.500. The molecule has 0 fully saturated rings. The van der Waals surface area contributed by atoms with Crippen LogP contribution in [0.3, 0.4) is 0 Å². The van der Waals surface area contributed by atoms with Gasteiger partial charge in [0.25, 0.3) is 0 Å². The third-order valence-electron chi connectivity index (χ3n) is 1.77. The monoisotopic (exact) mass is 183 g/mol. The Morgan fingerprint density at radius 2 is 2.62 bits per heavy atom. The second-order valence-electron chi connectivity index (χ2n) is 2.69. The summed E-state index contributed by atoms with van der Waals surface area (Å²) in [7, 11) is 1.37. The first-order valence-electron chi connectivity index (χ1n) is 4.03. The van der Waals surface area contributed by atoms with Crippen molar-refractivity contribution in [1.29, 1.82) is 0 Å². The highest BCUT2D eigenvalue weighted by atomic mass is 16.5. The molecule has 0 radical (unpaired) electrons. The van der Waals surface area contributed by atoms with Crippen LogP contribution in [0.1, 0.15) is 18.7 Å². The molecule has 1 aromatic heterocycles. The number of aromatic nitrogens is 2. The van der Waals surface area contributed by atoms with Gasteiger partial charge in [0.1, 0.15) is 0 Å². The highest BCUT2D eigenvalue weighted by Gasteiger charge is 2.07. The van der Waals surface area contributed by atoms with Crippen LogP contribution < -0.4 is 5.32 Å². The summed E-state index contributed by atoms with van der Waals surface area (Å²) in [6.45, 7) is 2.15. The molecule has 5 heteroatoms. The first-order chi connectivity index (χ1) is 6.24. The third-order valence-corrected chi connectivity index (χ3v) is 1.77. The minimum Gasteiger partial charge on any atom is -0.468 e. The summed E-state index contributed by atoms with van der Waals surface area (Å²) < 4.78 is 4.49. The van der Waals surface area contributed by atoms with Crippen molar-refractivity contribution in [3.05, 3.63) is 18.0 Å². The largest absolute Gasteiger partial charge is 0.468 e. The quantitative estimate of drug-likeness (QED) is 0.656. The fourth-order valence-corrected chi connectivity index (χ4v) is 0.926. The number of carbonyl (C=O) groups excluding carboxylic acids is 1. The van der Waals surface area contributed by atoms with E-state index in [1.807, 2.05) is 13.0 Å². The average Bonchev–Trinajstić information content (AvgIpc) is 2.66. The summed E-state index contributed by atoms with van der Waals surface area (Å²) in [5, 5.41) is 9.61. The van der Waals surface area contributed by atoms with E-state index in [0.717, 1.165) is 5.69 Å².